The van der Waals surface area contributed by atoms with Gasteiger partial charge in [0, 0.05) is 30.0 Å². The molecule has 2 heterocycles. The summed E-state index contributed by atoms with van der Waals surface area (Å²) in [7, 11) is -3.48. The summed E-state index contributed by atoms with van der Waals surface area (Å²) in [5, 5.41) is 5.69. The maximum absolute atomic E-state index is 12.0. The van der Waals surface area contributed by atoms with Crippen molar-refractivity contribution in [3.05, 3.63) is 34.5 Å². The molecule has 19 heavy (non-hydrogen) atoms. The van der Waals surface area contributed by atoms with Crippen LogP contribution in [0.3, 0.4) is 0 Å². The highest BCUT2D eigenvalue weighted by atomic mass is 32.2. The Morgan fingerprint density at radius 1 is 1.42 bits per heavy atom. The van der Waals surface area contributed by atoms with Crippen molar-refractivity contribution in [2.45, 2.75) is 24.9 Å². The number of thiazole rings is 1. The van der Waals surface area contributed by atoms with E-state index in [0.29, 0.717) is 6.54 Å². The van der Waals surface area contributed by atoms with E-state index in [1.165, 1.54) is 17.5 Å². The molecule has 0 aliphatic carbocycles. The van der Waals surface area contributed by atoms with E-state index in [0.717, 1.165) is 17.2 Å². The number of hydrogen-bond acceptors (Lipinski definition) is 5. The lowest BCUT2D eigenvalue weighted by Gasteiger charge is -2.02. The molecule has 0 radical (unpaired) electrons. The van der Waals surface area contributed by atoms with Gasteiger partial charge in [-0.3, -0.25) is 0 Å². The van der Waals surface area contributed by atoms with Gasteiger partial charge in [-0.2, -0.15) is 0 Å². The van der Waals surface area contributed by atoms with E-state index < -0.39 is 10.0 Å². The van der Waals surface area contributed by atoms with Crippen molar-refractivity contribution in [2.75, 3.05) is 6.54 Å². The van der Waals surface area contributed by atoms with Gasteiger partial charge in [-0.1, -0.05) is 6.92 Å². The number of nitrogens with zero attached hydrogens (tertiary/aromatic N) is 1. The average Bonchev–Trinajstić information content (AvgIpc) is 3.05. The smallest absolute Gasteiger partial charge is 0.242 e. The Labute approximate surface area is 116 Å². The lowest BCUT2D eigenvalue weighted by Crippen LogP contribution is -2.22. The Balaban J connectivity index is 2.00. The minimum Gasteiger partial charge on any atom is -0.363 e. The van der Waals surface area contributed by atoms with Crippen LogP contribution in [-0.4, -0.2) is 24.9 Å². The Morgan fingerprint density at radius 2 is 2.26 bits per heavy atom. The Morgan fingerprint density at radius 3 is 2.95 bits per heavy atom. The number of nitrogens with one attached hydrogen (secondary N) is 3. The van der Waals surface area contributed by atoms with Crippen molar-refractivity contribution >= 4 is 21.4 Å². The summed E-state index contributed by atoms with van der Waals surface area (Å²) >= 11 is 1.42. The van der Waals surface area contributed by atoms with E-state index in [9.17, 15) is 8.42 Å². The molecule has 2 rings (SSSR count). The van der Waals surface area contributed by atoms with Crippen LogP contribution in [0.4, 0.5) is 0 Å². The van der Waals surface area contributed by atoms with E-state index in [1.54, 1.807) is 12.3 Å². The number of hydrogen-bond donors (Lipinski definition) is 3. The topological polar surface area (TPSA) is 86.9 Å². The van der Waals surface area contributed by atoms with E-state index >= 15 is 0 Å². The molecule has 6 nitrogen and oxygen atoms in total. The molecule has 0 unspecified atom stereocenters. The second-order valence-electron chi connectivity index (χ2n) is 3.89. The zero-order valence-corrected chi connectivity index (χ0v) is 12.1. The zero-order valence-electron chi connectivity index (χ0n) is 10.5. The van der Waals surface area contributed by atoms with Gasteiger partial charge in [-0.25, -0.2) is 18.1 Å². The summed E-state index contributed by atoms with van der Waals surface area (Å²) in [6.45, 7) is 3.67. The number of aromatic amines is 1. The van der Waals surface area contributed by atoms with Crippen LogP contribution in [0.15, 0.2) is 28.7 Å². The van der Waals surface area contributed by atoms with E-state index in [2.05, 4.69) is 20.0 Å². The molecule has 2 aromatic rings. The highest BCUT2D eigenvalue weighted by Gasteiger charge is 2.16. The highest BCUT2D eigenvalue weighted by molar-refractivity contribution is 7.89. The number of H-pyrrole nitrogens is 1. The predicted octanol–water partition coefficient (Wildman–Crippen LogP) is 1.06. The molecule has 0 spiro atoms. The van der Waals surface area contributed by atoms with Crippen LogP contribution in [0.2, 0.25) is 0 Å². The lowest BCUT2D eigenvalue weighted by molar-refractivity contribution is 0.581. The van der Waals surface area contributed by atoms with Crippen LogP contribution in [0.25, 0.3) is 0 Å². The third kappa shape index (κ3) is 3.87. The van der Waals surface area contributed by atoms with E-state index in [1.807, 2.05) is 12.3 Å². The summed E-state index contributed by atoms with van der Waals surface area (Å²) in [4.78, 5) is 7.22. The summed E-state index contributed by atoms with van der Waals surface area (Å²) in [6, 6.07) is 1.63. The van der Waals surface area contributed by atoms with Crippen molar-refractivity contribution < 1.29 is 8.42 Å². The van der Waals surface area contributed by atoms with E-state index in [4.69, 9.17) is 0 Å². The number of sulfonamides is 1. The summed E-state index contributed by atoms with van der Waals surface area (Å²) in [5.74, 6) is 0. The molecule has 3 N–H and O–H groups in total. The molecule has 0 saturated heterocycles. The van der Waals surface area contributed by atoms with Gasteiger partial charge in [-0.05, 0) is 12.6 Å². The molecular formula is C11H16N4O2S2. The van der Waals surface area contributed by atoms with Crippen LogP contribution in [0.5, 0.6) is 0 Å². The SMILES string of the molecule is CCNCc1cc(S(=O)(=O)NCc2nccs2)c[nH]1. The number of aromatic nitrogens is 2. The van der Waals surface area contributed by atoms with Crippen LogP contribution >= 0.6 is 11.3 Å². The molecule has 2 aromatic heterocycles. The fourth-order valence-electron chi connectivity index (χ4n) is 1.52. The standard InChI is InChI=1S/C11H16N4O2S2/c1-2-12-6-9-5-10(7-14-9)19(16,17)15-8-11-13-3-4-18-11/h3-5,7,12,14-15H,2,6,8H2,1H3. The van der Waals surface area contributed by atoms with Crippen molar-refractivity contribution in [2.24, 2.45) is 0 Å². The first-order valence-electron chi connectivity index (χ1n) is 5.88. The van der Waals surface area contributed by atoms with Crippen LogP contribution in [0.1, 0.15) is 17.6 Å². The fraction of sp³-hybridized carbons (Fsp3) is 0.364. The van der Waals surface area contributed by atoms with Gasteiger partial charge in [-0.15, -0.1) is 11.3 Å². The Bertz CT molecular complexity index is 604. The molecule has 0 aliphatic heterocycles. The first kappa shape index (κ1) is 14.2. The third-order valence-electron chi connectivity index (χ3n) is 2.49. The maximum atomic E-state index is 12.0. The molecule has 0 bridgehead atoms. The summed E-state index contributed by atoms with van der Waals surface area (Å²) < 4.78 is 26.6. The second-order valence-corrected chi connectivity index (χ2v) is 6.64. The Hall–Kier alpha value is -1.22. The molecule has 104 valence electrons. The van der Waals surface area contributed by atoms with Gasteiger partial charge in [0.15, 0.2) is 0 Å². The molecule has 0 amide bonds. The average molecular weight is 300 g/mol. The van der Waals surface area contributed by atoms with Crippen LogP contribution in [0, 0.1) is 0 Å². The monoisotopic (exact) mass is 300 g/mol. The molecule has 0 aliphatic rings. The lowest BCUT2D eigenvalue weighted by atomic mass is 10.4. The van der Waals surface area contributed by atoms with Gasteiger partial charge in [0.05, 0.1) is 11.4 Å². The molecular weight excluding hydrogens is 284 g/mol. The van der Waals surface area contributed by atoms with Gasteiger partial charge < -0.3 is 10.3 Å². The minimum atomic E-state index is -3.48. The molecule has 0 fully saturated rings. The molecule has 8 heteroatoms. The minimum absolute atomic E-state index is 0.216. The normalized spacial score (nSPS) is 11.8. The quantitative estimate of drug-likeness (QED) is 0.713. The zero-order chi connectivity index (χ0) is 13.7. The van der Waals surface area contributed by atoms with Gasteiger partial charge in [0.25, 0.3) is 0 Å². The third-order valence-corrected chi connectivity index (χ3v) is 4.65. The van der Waals surface area contributed by atoms with Crippen LogP contribution in [-0.2, 0) is 23.1 Å². The highest BCUT2D eigenvalue weighted by Crippen LogP contribution is 2.12. The van der Waals surface area contributed by atoms with Crippen molar-refractivity contribution in [1.29, 1.82) is 0 Å². The van der Waals surface area contributed by atoms with Crippen molar-refractivity contribution in [3.63, 3.8) is 0 Å². The van der Waals surface area contributed by atoms with Gasteiger partial charge in [0.2, 0.25) is 10.0 Å². The van der Waals surface area contributed by atoms with Gasteiger partial charge in [0.1, 0.15) is 5.01 Å². The molecule has 0 aromatic carbocycles. The first-order chi connectivity index (χ1) is 9.12. The number of rotatable bonds is 7. The van der Waals surface area contributed by atoms with Gasteiger partial charge >= 0.3 is 0 Å². The second kappa shape index (κ2) is 6.29. The van der Waals surface area contributed by atoms with Crippen molar-refractivity contribution in [1.82, 2.24) is 20.0 Å². The first-order valence-corrected chi connectivity index (χ1v) is 8.24. The van der Waals surface area contributed by atoms with Crippen LogP contribution < -0.4 is 10.0 Å². The fourth-order valence-corrected chi connectivity index (χ4v) is 3.17. The van der Waals surface area contributed by atoms with E-state index in [-0.39, 0.29) is 11.4 Å². The Kier molecular flexibility index (Phi) is 4.70. The summed E-state index contributed by atoms with van der Waals surface area (Å²) in [6.07, 6.45) is 3.15. The van der Waals surface area contributed by atoms with Crippen molar-refractivity contribution in [3.8, 4) is 0 Å². The molecule has 0 saturated carbocycles. The summed E-state index contributed by atoms with van der Waals surface area (Å²) in [5.41, 5.74) is 0.844. The largest absolute Gasteiger partial charge is 0.363 e. The molecule has 0 atom stereocenters. The predicted molar refractivity (Wildman–Crippen MR) is 74.3 cm³/mol. The maximum Gasteiger partial charge on any atom is 0.242 e.